The Morgan fingerprint density at radius 2 is 2.19 bits per heavy atom. The number of aromatic nitrogens is 2. The Kier molecular flexibility index (Phi) is 3.73. The zero-order valence-corrected chi connectivity index (χ0v) is 10.7. The van der Waals surface area contributed by atoms with Crippen LogP contribution in [0.1, 0.15) is 57.6 Å². The molecule has 0 saturated carbocycles. The van der Waals surface area contributed by atoms with Crippen LogP contribution in [0.25, 0.3) is 0 Å². The van der Waals surface area contributed by atoms with Crippen molar-refractivity contribution in [1.29, 1.82) is 0 Å². The van der Waals surface area contributed by atoms with Crippen molar-refractivity contribution in [1.82, 2.24) is 9.78 Å². The van der Waals surface area contributed by atoms with Crippen molar-refractivity contribution in [3.8, 4) is 0 Å². The van der Waals surface area contributed by atoms with Crippen molar-refractivity contribution >= 4 is 5.97 Å². The van der Waals surface area contributed by atoms with Crippen LogP contribution in [0.5, 0.6) is 0 Å². The molecule has 90 valence electrons. The van der Waals surface area contributed by atoms with E-state index in [0.717, 1.165) is 6.42 Å². The van der Waals surface area contributed by atoms with Gasteiger partial charge in [0.05, 0.1) is 0 Å². The van der Waals surface area contributed by atoms with Crippen molar-refractivity contribution in [2.45, 2.75) is 52.7 Å². The molecule has 0 unspecified atom stereocenters. The van der Waals surface area contributed by atoms with Crippen molar-refractivity contribution in [2.75, 3.05) is 0 Å². The second-order valence-corrected chi connectivity index (χ2v) is 4.76. The van der Waals surface area contributed by atoms with E-state index in [1.54, 1.807) is 16.9 Å². The summed E-state index contributed by atoms with van der Waals surface area (Å²) in [6.07, 6.45) is 2.41. The molecular formula is C12H20N2O2. The fourth-order valence-electron chi connectivity index (χ4n) is 1.26. The SMILES string of the molecule is CCC(C)(C)OC(=O)c1ccnn1C(C)C. The van der Waals surface area contributed by atoms with Crippen molar-refractivity contribution in [2.24, 2.45) is 0 Å². The lowest BCUT2D eigenvalue weighted by molar-refractivity contribution is -0.00388. The molecule has 0 saturated heterocycles. The first-order chi connectivity index (χ1) is 7.37. The summed E-state index contributed by atoms with van der Waals surface area (Å²) in [5, 5.41) is 4.11. The summed E-state index contributed by atoms with van der Waals surface area (Å²) >= 11 is 0. The Morgan fingerprint density at radius 1 is 1.56 bits per heavy atom. The lowest BCUT2D eigenvalue weighted by Crippen LogP contribution is -2.28. The Labute approximate surface area is 96.6 Å². The summed E-state index contributed by atoms with van der Waals surface area (Å²) in [7, 11) is 0. The highest BCUT2D eigenvalue weighted by molar-refractivity contribution is 5.87. The molecule has 0 atom stereocenters. The minimum atomic E-state index is -0.427. The summed E-state index contributed by atoms with van der Waals surface area (Å²) in [6, 6.07) is 1.84. The predicted octanol–water partition coefficient (Wildman–Crippen LogP) is 2.81. The molecule has 1 heterocycles. The molecule has 0 amide bonds. The minimum Gasteiger partial charge on any atom is -0.455 e. The molecule has 1 aromatic rings. The third kappa shape index (κ3) is 2.84. The molecule has 1 rings (SSSR count). The van der Waals surface area contributed by atoms with Crippen LogP contribution in [0.2, 0.25) is 0 Å². The molecular weight excluding hydrogens is 204 g/mol. The monoisotopic (exact) mass is 224 g/mol. The third-order valence-electron chi connectivity index (χ3n) is 2.59. The predicted molar refractivity (Wildman–Crippen MR) is 62.4 cm³/mol. The van der Waals surface area contributed by atoms with Crippen LogP contribution in [0.3, 0.4) is 0 Å². The Bertz CT molecular complexity index is 367. The topological polar surface area (TPSA) is 44.1 Å². The normalized spacial score (nSPS) is 11.9. The first-order valence-electron chi connectivity index (χ1n) is 5.64. The van der Waals surface area contributed by atoms with Crippen LogP contribution in [-0.2, 0) is 4.74 Å². The van der Waals surface area contributed by atoms with Crippen LogP contribution in [-0.4, -0.2) is 21.4 Å². The van der Waals surface area contributed by atoms with Gasteiger partial charge in [0.2, 0.25) is 0 Å². The van der Waals surface area contributed by atoms with Crippen molar-refractivity contribution in [3.05, 3.63) is 18.0 Å². The highest BCUT2D eigenvalue weighted by atomic mass is 16.6. The van der Waals surface area contributed by atoms with E-state index >= 15 is 0 Å². The number of hydrogen-bond acceptors (Lipinski definition) is 3. The molecule has 4 nitrogen and oxygen atoms in total. The van der Waals surface area contributed by atoms with Crippen molar-refractivity contribution in [3.63, 3.8) is 0 Å². The average Bonchev–Trinajstić information content (AvgIpc) is 2.65. The fourth-order valence-corrected chi connectivity index (χ4v) is 1.26. The smallest absolute Gasteiger partial charge is 0.357 e. The maximum atomic E-state index is 11.9. The molecule has 4 heteroatoms. The maximum absolute atomic E-state index is 11.9. The molecule has 0 aromatic carbocycles. The first kappa shape index (κ1) is 12.7. The number of ether oxygens (including phenoxy) is 1. The van der Waals surface area contributed by atoms with Gasteiger partial charge < -0.3 is 4.74 Å². The highest BCUT2D eigenvalue weighted by Crippen LogP contribution is 2.17. The number of hydrogen-bond donors (Lipinski definition) is 0. The van der Waals surface area contributed by atoms with Crippen LogP contribution >= 0.6 is 0 Å². The van der Waals surface area contributed by atoms with E-state index in [2.05, 4.69) is 5.10 Å². The second kappa shape index (κ2) is 4.68. The van der Waals surface area contributed by atoms with Gasteiger partial charge in [-0.25, -0.2) is 4.79 Å². The lowest BCUT2D eigenvalue weighted by atomic mass is 10.1. The van der Waals surface area contributed by atoms with Crippen molar-refractivity contribution < 1.29 is 9.53 Å². The van der Waals surface area contributed by atoms with E-state index in [0.29, 0.717) is 5.69 Å². The number of rotatable bonds is 4. The lowest BCUT2D eigenvalue weighted by Gasteiger charge is -2.23. The van der Waals surface area contributed by atoms with Gasteiger partial charge in [-0.1, -0.05) is 6.92 Å². The quantitative estimate of drug-likeness (QED) is 0.739. The average molecular weight is 224 g/mol. The van der Waals surface area contributed by atoms with E-state index in [1.807, 2.05) is 34.6 Å². The van der Waals surface area contributed by atoms with Crippen LogP contribution < -0.4 is 0 Å². The number of nitrogens with zero attached hydrogens (tertiary/aromatic N) is 2. The van der Waals surface area contributed by atoms with Gasteiger partial charge in [0.15, 0.2) is 0 Å². The molecule has 0 bridgehead atoms. The number of carbonyl (C=O) groups is 1. The van der Waals surface area contributed by atoms with Gasteiger partial charge in [0.25, 0.3) is 0 Å². The fraction of sp³-hybridized carbons (Fsp3) is 0.667. The van der Waals surface area contributed by atoms with Gasteiger partial charge in [-0.15, -0.1) is 0 Å². The summed E-state index contributed by atoms with van der Waals surface area (Å²) < 4.78 is 7.10. The second-order valence-electron chi connectivity index (χ2n) is 4.76. The standard InChI is InChI=1S/C12H20N2O2/c1-6-12(4,5)16-11(15)10-7-8-13-14(10)9(2)3/h7-9H,6H2,1-5H3. The highest BCUT2D eigenvalue weighted by Gasteiger charge is 2.24. The summed E-state index contributed by atoms with van der Waals surface area (Å²) in [4.78, 5) is 11.9. The molecule has 0 fully saturated rings. The van der Waals surface area contributed by atoms with Gasteiger partial charge in [0, 0.05) is 12.2 Å². The Hall–Kier alpha value is -1.32. The van der Waals surface area contributed by atoms with Gasteiger partial charge in [-0.2, -0.15) is 5.10 Å². The van der Waals surface area contributed by atoms with Gasteiger partial charge in [-0.05, 0) is 40.2 Å². The minimum absolute atomic E-state index is 0.155. The Balaban J connectivity index is 2.85. The number of esters is 1. The van der Waals surface area contributed by atoms with Crippen LogP contribution in [0, 0.1) is 0 Å². The zero-order chi connectivity index (χ0) is 12.3. The number of carbonyl (C=O) groups excluding carboxylic acids is 1. The summed E-state index contributed by atoms with van der Waals surface area (Å²) in [6.45, 7) is 9.76. The zero-order valence-electron chi connectivity index (χ0n) is 10.7. The summed E-state index contributed by atoms with van der Waals surface area (Å²) in [5.74, 6) is -0.307. The van der Waals surface area contributed by atoms with Gasteiger partial charge in [0.1, 0.15) is 11.3 Å². The largest absolute Gasteiger partial charge is 0.455 e. The first-order valence-corrected chi connectivity index (χ1v) is 5.64. The third-order valence-corrected chi connectivity index (χ3v) is 2.59. The summed E-state index contributed by atoms with van der Waals surface area (Å²) in [5.41, 5.74) is 0.0833. The molecule has 0 spiro atoms. The molecule has 0 N–H and O–H groups in total. The van der Waals surface area contributed by atoms with Gasteiger partial charge in [-0.3, -0.25) is 4.68 Å². The molecule has 0 aliphatic rings. The molecule has 0 radical (unpaired) electrons. The van der Waals surface area contributed by atoms with E-state index in [1.165, 1.54) is 0 Å². The van der Waals surface area contributed by atoms with Gasteiger partial charge >= 0.3 is 5.97 Å². The maximum Gasteiger partial charge on any atom is 0.357 e. The Morgan fingerprint density at radius 3 is 2.69 bits per heavy atom. The molecule has 0 aliphatic carbocycles. The van der Waals surface area contributed by atoms with E-state index in [9.17, 15) is 4.79 Å². The molecule has 16 heavy (non-hydrogen) atoms. The van der Waals surface area contributed by atoms with E-state index in [4.69, 9.17) is 4.74 Å². The van der Waals surface area contributed by atoms with Crippen LogP contribution in [0.4, 0.5) is 0 Å². The van der Waals surface area contributed by atoms with E-state index < -0.39 is 5.60 Å². The van der Waals surface area contributed by atoms with E-state index in [-0.39, 0.29) is 12.0 Å². The molecule has 1 aromatic heterocycles. The van der Waals surface area contributed by atoms with Crippen LogP contribution in [0.15, 0.2) is 12.3 Å². The molecule has 0 aliphatic heterocycles.